The van der Waals surface area contributed by atoms with Crippen LogP contribution >= 0.6 is 0 Å². The van der Waals surface area contributed by atoms with Crippen molar-refractivity contribution in [1.82, 2.24) is 0 Å². The van der Waals surface area contributed by atoms with Crippen LogP contribution in [-0.4, -0.2) is 19.8 Å². The van der Waals surface area contributed by atoms with Crippen LogP contribution in [0.4, 0.5) is 0 Å². The van der Waals surface area contributed by atoms with E-state index in [0.29, 0.717) is 13.2 Å². The molecule has 1 aliphatic carbocycles. The maximum absolute atomic E-state index is 6.12. The van der Waals surface area contributed by atoms with E-state index in [4.69, 9.17) is 15.2 Å². The van der Waals surface area contributed by atoms with E-state index in [9.17, 15) is 0 Å². The largest absolute Gasteiger partial charge is 0.486 e. The maximum Gasteiger partial charge on any atom is 0.164 e. The van der Waals surface area contributed by atoms with Gasteiger partial charge in [0, 0.05) is 12.0 Å². The van der Waals surface area contributed by atoms with E-state index in [0.717, 1.165) is 18.0 Å². The highest BCUT2D eigenvalue weighted by Crippen LogP contribution is 2.46. The molecule has 104 valence electrons. The molecule has 3 rings (SSSR count). The Morgan fingerprint density at radius 1 is 1.11 bits per heavy atom. The van der Waals surface area contributed by atoms with Gasteiger partial charge in [0.25, 0.3) is 0 Å². The van der Waals surface area contributed by atoms with Crippen molar-refractivity contribution in [2.45, 2.75) is 44.9 Å². The molecular weight excluding hydrogens is 238 g/mol. The topological polar surface area (TPSA) is 44.5 Å². The highest BCUT2D eigenvalue weighted by Gasteiger charge is 2.37. The van der Waals surface area contributed by atoms with Gasteiger partial charge in [-0.25, -0.2) is 0 Å². The van der Waals surface area contributed by atoms with Crippen molar-refractivity contribution >= 4 is 0 Å². The molecule has 1 fully saturated rings. The number of hydrogen-bond donors (Lipinski definition) is 1. The van der Waals surface area contributed by atoms with Crippen LogP contribution < -0.4 is 15.2 Å². The van der Waals surface area contributed by atoms with Crippen LogP contribution in [0.25, 0.3) is 0 Å². The Morgan fingerprint density at radius 3 is 2.47 bits per heavy atom. The lowest BCUT2D eigenvalue weighted by molar-refractivity contribution is 0.169. The molecule has 0 unspecified atom stereocenters. The summed E-state index contributed by atoms with van der Waals surface area (Å²) in [4.78, 5) is 0. The Labute approximate surface area is 115 Å². The number of rotatable bonds is 2. The summed E-state index contributed by atoms with van der Waals surface area (Å²) in [7, 11) is 0. The van der Waals surface area contributed by atoms with E-state index < -0.39 is 0 Å². The predicted molar refractivity (Wildman–Crippen MR) is 76.1 cm³/mol. The lowest BCUT2D eigenvalue weighted by atomic mass is 9.76. The lowest BCUT2D eigenvalue weighted by Gasteiger charge is -2.32. The van der Waals surface area contributed by atoms with Crippen molar-refractivity contribution in [1.29, 1.82) is 0 Å². The van der Waals surface area contributed by atoms with Crippen LogP contribution in [0, 0.1) is 13.8 Å². The summed E-state index contributed by atoms with van der Waals surface area (Å²) in [6.07, 6.45) is 4.96. The SMILES string of the molecule is Cc1c(C2(CN)CCCC2)cc2c(c1C)OCCO2. The fourth-order valence-corrected chi connectivity index (χ4v) is 3.63. The highest BCUT2D eigenvalue weighted by atomic mass is 16.6. The predicted octanol–water partition coefficient (Wildman–Crippen LogP) is 2.85. The quantitative estimate of drug-likeness (QED) is 0.890. The van der Waals surface area contributed by atoms with Gasteiger partial charge >= 0.3 is 0 Å². The first kappa shape index (κ1) is 12.8. The van der Waals surface area contributed by atoms with Gasteiger partial charge in [-0.3, -0.25) is 0 Å². The Hall–Kier alpha value is -1.22. The standard InChI is InChI=1S/C16H23NO2/c1-11-12(2)15-14(18-7-8-19-15)9-13(11)16(10-17)5-3-4-6-16/h9H,3-8,10,17H2,1-2H3. The van der Waals surface area contributed by atoms with Gasteiger partial charge in [0.2, 0.25) is 0 Å². The highest BCUT2D eigenvalue weighted by molar-refractivity contribution is 5.56. The first-order valence-electron chi connectivity index (χ1n) is 7.28. The average Bonchev–Trinajstić information content (AvgIpc) is 2.93. The third kappa shape index (κ3) is 1.91. The molecule has 1 aliphatic heterocycles. The smallest absolute Gasteiger partial charge is 0.164 e. The molecule has 0 spiro atoms. The Kier molecular flexibility index (Phi) is 3.17. The van der Waals surface area contributed by atoms with E-state index in [2.05, 4.69) is 19.9 Å². The zero-order valence-electron chi connectivity index (χ0n) is 11.9. The van der Waals surface area contributed by atoms with Crippen LogP contribution in [0.2, 0.25) is 0 Å². The zero-order chi connectivity index (χ0) is 13.5. The second-order valence-corrected chi connectivity index (χ2v) is 5.89. The molecular formula is C16H23NO2. The lowest BCUT2D eigenvalue weighted by Crippen LogP contribution is -2.33. The minimum atomic E-state index is 0.157. The van der Waals surface area contributed by atoms with Crippen molar-refractivity contribution in [3.63, 3.8) is 0 Å². The molecule has 0 aromatic heterocycles. The minimum Gasteiger partial charge on any atom is -0.486 e. The molecule has 0 saturated heterocycles. The fourth-order valence-electron chi connectivity index (χ4n) is 3.63. The second-order valence-electron chi connectivity index (χ2n) is 5.89. The Balaban J connectivity index is 2.13. The summed E-state index contributed by atoms with van der Waals surface area (Å²) in [5, 5.41) is 0. The van der Waals surface area contributed by atoms with E-state index in [1.807, 2.05) is 0 Å². The van der Waals surface area contributed by atoms with Crippen LogP contribution in [0.15, 0.2) is 6.07 Å². The van der Waals surface area contributed by atoms with E-state index >= 15 is 0 Å². The monoisotopic (exact) mass is 261 g/mol. The maximum atomic E-state index is 6.12. The number of benzene rings is 1. The van der Waals surface area contributed by atoms with E-state index in [1.165, 1.54) is 42.4 Å². The molecule has 0 atom stereocenters. The molecule has 0 radical (unpaired) electrons. The number of fused-ring (bicyclic) bond motifs is 1. The van der Waals surface area contributed by atoms with Gasteiger partial charge in [-0.2, -0.15) is 0 Å². The van der Waals surface area contributed by atoms with Crippen LogP contribution in [-0.2, 0) is 5.41 Å². The molecule has 1 aromatic carbocycles. The summed E-state index contributed by atoms with van der Waals surface area (Å²) in [5.74, 6) is 1.83. The molecule has 19 heavy (non-hydrogen) atoms. The molecule has 0 amide bonds. The van der Waals surface area contributed by atoms with Gasteiger partial charge in [0.05, 0.1) is 0 Å². The van der Waals surface area contributed by atoms with Crippen molar-refractivity contribution < 1.29 is 9.47 Å². The summed E-state index contributed by atoms with van der Waals surface area (Å²) >= 11 is 0. The van der Waals surface area contributed by atoms with Crippen molar-refractivity contribution in [2.75, 3.05) is 19.8 Å². The van der Waals surface area contributed by atoms with Crippen LogP contribution in [0.1, 0.15) is 42.4 Å². The van der Waals surface area contributed by atoms with E-state index in [-0.39, 0.29) is 5.41 Å². The Bertz CT molecular complexity index is 490. The molecule has 3 nitrogen and oxygen atoms in total. The summed E-state index contributed by atoms with van der Waals surface area (Å²) in [6, 6.07) is 2.19. The third-order valence-corrected chi connectivity index (χ3v) is 4.92. The second kappa shape index (κ2) is 4.71. The van der Waals surface area contributed by atoms with Gasteiger partial charge in [-0.1, -0.05) is 12.8 Å². The summed E-state index contributed by atoms with van der Waals surface area (Å²) in [5.41, 5.74) is 10.2. The molecule has 3 heteroatoms. The van der Waals surface area contributed by atoms with Crippen molar-refractivity contribution in [2.24, 2.45) is 5.73 Å². The minimum absolute atomic E-state index is 0.157. The summed E-state index contributed by atoms with van der Waals surface area (Å²) in [6.45, 7) is 6.34. The fraction of sp³-hybridized carbons (Fsp3) is 0.625. The summed E-state index contributed by atoms with van der Waals surface area (Å²) < 4.78 is 11.5. The zero-order valence-corrected chi connectivity index (χ0v) is 11.9. The Morgan fingerprint density at radius 2 is 1.79 bits per heavy atom. The van der Waals surface area contributed by atoms with Crippen molar-refractivity contribution in [3.8, 4) is 11.5 Å². The normalized spacial score (nSPS) is 20.6. The molecule has 1 heterocycles. The molecule has 0 bridgehead atoms. The van der Waals surface area contributed by atoms with Gasteiger partial charge in [0.15, 0.2) is 11.5 Å². The van der Waals surface area contributed by atoms with Gasteiger partial charge < -0.3 is 15.2 Å². The molecule has 2 N–H and O–H groups in total. The van der Waals surface area contributed by atoms with Crippen LogP contribution in [0.5, 0.6) is 11.5 Å². The van der Waals surface area contributed by atoms with E-state index in [1.54, 1.807) is 0 Å². The number of hydrogen-bond acceptors (Lipinski definition) is 3. The molecule has 2 aliphatic rings. The molecule has 1 saturated carbocycles. The van der Waals surface area contributed by atoms with Gasteiger partial charge in [0.1, 0.15) is 13.2 Å². The molecule has 1 aromatic rings. The first-order valence-corrected chi connectivity index (χ1v) is 7.28. The van der Waals surface area contributed by atoms with Crippen molar-refractivity contribution in [3.05, 3.63) is 22.8 Å². The van der Waals surface area contributed by atoms with Gasteiger partial charge in [-0.05, 0) is 49.4 Å². The van der Waals surface area contributed by atoms with Crippen LogP contribution in [0.3, 0.4) is 0 Å². The number of nitrogens with two attached hydrogens (primary N) is 1. The number of ether oxygens (including phenoxy) is 2. The third-order valence-electron chi connectivity index (χ3n) is 4.92. The average molecular weight is 261 g/mol. The first-order chi connectivity index (χ1) is 9.18. The van der Waals surface area contributed by atoms with Gasteiger partial charge in [-0.15, -0.1) is 0 Å².